The van der Waals surface area contributed by atoms with Gasteiger partial charge in [-0.3, -0.25) is 9.80 Å². The molecule has 0 unspecified atom stereocenters. The van der Waals surface area contributed by atoms with Crippen LogP contribution < -0.4 is 11.5 Å². The molecule has 8 atom stereocenters. The summed E-state index contributed by atoms with van der Waals surface area (Å²) in [6.07, 6.45) is -13.6. The minimum Gasteiger partial charge on any atom is -0.357 e. The smallest absolute Gasteiger partial charge is 0.357 e. The minimum absolute atomic E-state index is 0.0236. The van der Waals surface area contributed by atoms with E-state index in [1.54, 1.807) is 0 Å². The third-order valence-electron chi connectivity index (χ3n) is 11.1. The minimum atomic E-state index is -4.87. The summed E-state index contributed by atoms with van der Waals surface area (Å²) < 4.78 is 210. The van der Waals surface area contributed by atoms with Crippen molar-refractivity contribution in [1.82, 2.24) is 28.2 Å². The molecule has 27 heteroatoms. The van der Waals surface area contributed by atoms with Crippen molar-refractivity contribution in [1.29, 1.82) is 0 Å². The van der Waals surface area contributed by atoms with E-state index in [-0.39, 0.29) is 50.7 Å². The number of benzene rings is 2. The lowest BCUT2D eigenvalue weighted by Crippen LogP contribution is -2.58. The maximum atomic E-state index is 14.2. The van der Waals surface area contributed by atoms with Crippen molar-refractivity contribution in [3.8, 4) is 0 Å². The Morgan fingerprint density at radius 2 is 1.02 bits per heavy atom. The van der Waals surface area contributed by atoms with E-state index in [1.807, 2.05) is 0 Å². The number of halogens is 11. The van der Waals surface area contributed by atoms with E-state index >= 15 is 0 Å². The van der Waals surface area contributed by atoms with Crippen LogP contribution in [0.15, 0.2) is 42.7 Å². The lowest BCUT2D eigenvalue weighted by atomic mass is 9.89. The molecule has 14 nitrogen and oxygen atoms in total. The first-order valence-corrected chi connectivity index (χ1v) is 22.4. The van der Waals surface area contributed by atoms with Gasteiger partial charge >= 0.3 is 12.4 Å². The third-order valence-corrected chi connectivity index (χ3v) is 12.9. The monoisotopic (exact) mass is 950 g/mol. The lowest BCUT2D eigenvalue weighted by molar-refractivity contribution is -0.269. The molecule has 6 heterocycles. The number of aromatic nitrogens is 4. The van der Waals surface area contributed by atoms with Crippen molar-refractivity contribution in [2.24, 2.45) is 11.5 Å². The largest absolute Gasteiger partial charge is 0.416 e. The van der Waals surface area contributed by atoms with E-state index in [9.17, 15) is 65.1 Å². The maximum absolute atomic E-state index is 14.2. The number of fused-ring (bicyclic) bond motifs is 2. The summed E-state index contributed by atoms with van der Waals surface area (Å²) >= 11 is 0. The molecule has 0 spiro atoms. The molecule has 2 aromatic heterocycles. The van der Waals surface area contributed by atoms with Crippen LogP contribution in [0.4, 0.5) is 48.3 Å². The lowest BCUT2D eigenvalue weighted by Gasteiger charge is -2.44. The first-order chi connectivity index (χ1) is 29.1. The molecule has 2 aromatic carbocycles. The summed E-state index contributed by atoms with van der Waals surface area (Å²) in [6.45, 7) is -0.0981. The number of alkyl halides is 6. The highest BCUT2D eigenvalue weighted by molar-refractivity contribution is 7.89. The molecule has 4 aromatic rings. The molecule has 0 radical (unpaired) electrons. The second kappa shape index (κ2) is 16.6. The fourth-order valence-electron chi connectivity index (χ4n) is 8.23. The van der Waals surface area contributed by atoms with Gasteiger partial charge in [-0.1, -0.05) is 0 Å². The Morgan fingerprint density at radius 1 is 0.603 bits per heavy atom. The molecule has 346 valence electrons. The zero-order valence-corrected chi connectivity index (χ0v) is 34.3. The Hall–Kier alpha value is -4.25. The Bertz CT molecular complexity index is 2560. The zero-order valence-electron chi connectivity index (χ0n) is 32.7. The topological polar surface area (TPSA) is 181 Å². The summed E-state index contributed by atoms with van der Waals surface area (Å²) in [5.41, 5.74) is 12.7. The van der Waals surface area contributed by atoms with Crippen molar-refractivity contribution in [2.45, 2.75) is 100.0 Å². The standard InChI is InChI=1S/C18H18F6N4O3S.C18H19F5N4O3S/c1-32(29,30)28-6-8-5-27(7-14(8)26-28)15-4-13(25)16(31-17(15)18(22,23)24)9-2-11(20)12(21)3-10(9)19;1-31(28,29)27-7-9-6-26(8-14(9)25-27)15-5-13(24)16(30-17(15)18(21,22)23)11-4-10(19)2-3-12(11)20/h2-3,6,13,15-17H,4-5,7,25H2,1H3;2-4,7,13,15-17H,5-6,8,24H2,1H3/t2*13-,15+,16+,17-/m00/s1. The Morgan fingerprint density at radius 3 is 1.41 bits per heavy atom. The fourth-order valence-corrected chi connectivity index (χ4v) is 9.36. The van der Waals surface area contributed by atoms with Gasteiger partial charge in [-0.05, 0) is 37.1 Å². The molecule has 4 aliphatic rings. The molecule has 0 bridgehead atoms. The SMILES string of the molecule is CS(=O)(=O)n1cc2c(n1)CN([C@@H]1C[C@H](N)[C@@H](c3cc(F)c(F)cc3F)O[C@@H]1C(F)(F)F)C2.CS(=O)(=O)n1cc2c(n1)CN([C@@H]1C[C@H](N)[C@@H](c3cc(F)ccc3F)O[C@@H]1C(F)(F)F)C2. The van der Waals surface area contributed by atoms with Gasteiger partial charge in [-0.2, -0.15) is 44.7 Å². The number of rotatable bonds is 6. The molecule has 2 fully saturated rings. The fraction of sp³-hybridized carbons (Fsp3) is 0.500. The highest BCUT2D eigenvalue weighted by atomic mass is 32.2. The summed E-state index contributed by atoms with van der Waals surface area (Å²) in [5.74, 6) is -5.90. The highest BCUT2D eigenvalue weighted by Gasteiger charge is 2.56. The van der Waals surface area contributed by atoms with Crippen LogP contribution >= 0.6 is 0 Å². The van der Waals surface area contributed by atoms with Gasteiger partial charge in [-0.15, -0.1) is 0 Å². The zero-order chi connectivity index (χ0) is 46.3. The number of ether oxygens (including phenoxy) is 2. The van der Waals surface area contributed by atoms with Gasteiger partial charge < -0.3 is 20.9 Å². The predicted octanol–water partition coefficient (Wildman–Crippen LogP) is 4.29. The van der Waals surface area contributed by atoms with Crippen LogP contribution in [-0.2, 0) is 55.7 Å². The van der Waals surface area contributed by atoms with Crippen LogP contribution in [0.1, 0.15) is 58.7 Å². The van der Waals surface area contributed by atoms with Gasteiger partial charge in [0.05, 0.1) is 23.9 Å². The van der Waals surface area contributed by atoms with Crippen LogP contribution in [0, 0.1) is 29.1 Å². The third kappa shape index (κ3) is 9.60. The normalized spacial score (nSPS) is 27.2. The van der Waals surface area contributed by atoms with Gasteiger partial charge in [0, 0.05) is 91.1 Å². The molecule has 8 rings (SSSR count). The Balaban J connectivity index is 0.000000189. The van der Waals surface area contributed by atoms with Gasteiger partial charge in [-0.25, -0.2) is 38.8 Å². The van der Waals surface area contributed by atoms with Gasteiger partial charge in [0.1, 0.15) is 29.7 Å². The average Bonchev–Trinajstić information content (AvgIpc) is 3.94. The predicted molar refractivity (Wildman–Crippen MR) is 196 cm³/mol. The molecule has 0 amide bonds. The maximum Gasteiger partial charge on any atom is 0.416 e. The van der Waals surface area contributed by atoms with E-state index in [0.717, 1.165) is 38.9 Å². The molecule has 63 heavy (non-hydrogen) atoms. The quantitative estimate of drug-likeness (QED) is 0.207. The summed E-state index contributed by atoms with van der Waals surface area (Å²) in [4.78, 5) is 2.86. The first-order valence-electron chi connectivity index (χ1n) is 18.7. The van der Waals surface area contributed by atoms with E-state index < -0.39 is 116 Å². The summed E-state index contributed by atoms with van der Waals surface area (Å²) in [5, 5.41) is 7.85. The Labute approximate surface area is 351 Å². The number of nitrogens with two attached hydrogens (primary N) is 2. The molecule has 4 aliphatic heterocycles. The van der Waals surface area contributed by atoms with Gasteiger partial charge in [0.2, 0.25) is 0 Å². The molecular formula is C36H37F11N8O6S2. The molecule has 4 N–H and O–H groups in total. The van der Waals surface area contributed by atoms with E-state index in [0.29, 0.717) is 28.6 Å². The van der Waals surface area contributed by atoms with Crippen LogP contribution in [0.2, 0.25) is 0 Å². The molecule has 0 aliphatic carbocycles. The summed E-state index contributed by atoms with van der Waals surface area (Å²) in [7, 11) is -7.26. The number of hydrogen-bond acceptors (Lipinski definition) is 12. The van der Waals surface area contributed by atoms with Crippen LogP contribution in [0.25, 0.3) is 0 Å². The number of nitrogens with zero attached hydrogens (tertiary/aromatic N) is 6. The second-order valence-electron chi connectivity index (χ2n) is 15.7. The van der Waals surface area contributed by atoms with E-state index in [1.165, 1.54) is 22.2 Å². The van der Waals surface area contributed by atoms with Crippen molar-refractivity contribution in [3.05, 3.63) is 105 Å². The van der Waals surface area contributed by atoms with Crippen molar-refractivity contribution < 1.29 is 74.6 Å². The number of hydrogen-bond donors (Lipinski definition) is 2. The molecular weight excluding hydrogens is 914 g/mol. The van der Waals surface area contributed by atoms with Crippen molar-refractivity contribution in [3.63, 3.8) is 0 Å². The Kier molecular flexibility index (Phi) is 12.3. The first kappa shape index (κ1) is 46.7. The average molecular weight is 951 g/mol. The van der Waals surface area contributed by atoms with Crippen LogP contribution in [-0.4, -0.2) is 106 Å². The molecule has 0 saturated carbocycles. The second-order valence-corrected chi connectivity index (χ2v) is 19.4. The van der Waals surface area contributed by atoms with E-state index in [4.69, 9.17) is 20.9 Å². The van der Waals surface area contributed by atoms with Crippen LogP contribution in [0.3, 0.4) is 0 Å². The van der Waals surface area contributed by atoms with Crippen molar-refractivity contribution in [2.75, 3.05) is 12.5 Å². The highest BCUT2D eigenvalue weighted by Crippen LogP contribution is 2.44. The van der Waals surface area contributed by atoms with Gasteiger partial charge in [0.15, 0.2) is 23.8 Å². The van der Waals surface area contributed by atoms with Crippen molar-refractivity contribution >= 4 is 20.0 Å². The summed E-state index contributed by atoms with van der Waals surface area (Å²) in [6, 6.07) is -1.53. The van der Waals surface area contributed by atoms with Gasteiger partial charge in [0.25, 0.3) is 20.0 Å². The molecule has 2 saturated heterocycles. The van der Waals surface area contributed by atoms with E-state index in [2.05, 4.69) is 10.2 Å². The van der Waals surface area contributed by atoms with Crippen LogP contribution in [0.5, 0.6) is 0 Å².